The quantitative estimate of drug-likeness (QED) is 0.635. The number of nitrogens with one attached hydrogen (secondary N) is 2. The van der Waals surface area contributed by atoms with Crippen LogP contribution >= 0.6 is 0 Å². The molecule has 2 rings (SSSR count). The van der Waals surface area contributed by atoms with E-state index >= 15 is 0 Å². The number of nitrogens with zero attached hydrogens (tertiary/aromatic N) is 2. The van der Waals surface area contributed by atoms with Gasteiger partial charge in [-0.05, 0) is 50.9 Å². The van der Waals surface area contributed by atoms with E-state index in [2.05, 4.69) is 27.0 Å². The molecule has 0 radical (unpaired) electrons. The fourth-order valence-electron chi connectivity index (χ4n) is 1.58. The molecular weight excluding hydrogens is 224 g/mol. The zero-order chi connectivity index (χ0) is 13.0. The van der Waals surface area contributed by atoms with E-state index in [1.807, 2.05) is 44.2 Å². The molecule has 0 aliphatic carbocycles. The van der Waals surface area contributed by atoms with Crippen molar-refractivity contribution in [2.24, 2.45) is 4.99 Å². The van der Waals surface area contributed by atoms with E-state index in [0.29, 0.717) is 0 Å². The van der Waals surface area contributed by atoms with Crippen molar-refractivity contribution in [2.75, 3.05) is 5.32 Å². The monoisotopic (exact) mass is 240 g/mol. The fourth-order valence-corrected chi connectivity index (χ4v) is 1.58. The number of anilines is 1. The molecule has 0 unspecified atom stereocenters. The molecule has 0 aliphatic rings. The lowest BCUT2D eigenvalue weighted by molar-refractivity contribution is 1.31. The summed E-state index contributed by atoms with van der Waals surface area (Å²) in [4.78, 5) is 11.1. The van der Waals surface area contributed by atoms with Crippen LogP contribution in [-0.4, -0.2) is 16.7 Å². The fraction of sp³-hybridized carbons (Fsp3) is 0.143. The summed E-state index contributed by atoms with van der Waals surface area (Å²) in [5.41, 5.74) is 4.94. The number of aliphatic imine (C=N–C) groups is 1. The van der Waals surface area contributed by atoms with E-state index < -0.39 is 0 Å². The second kappa shape index (κ2) is 5.31. The summed E-state index contributed by atoms with van der Waals surface area (Å²) in [6.45, 7) is 7.39. The topological polar surface area (TPSA) is 53.1 Å². The third kappa shape index (κ3) is 2.85. The summed E-state index contributed by atoms with van der Waals surface area (Å²) in [6, 6.07) is 6.01. The molecule has 1 aromatic heterocycles. The molecule has 0 saturated heterocycles. The van der Waals surface area contributed by atoms with Crippen LogP contribution in [-0.2, 0) is 0 Å². The smallest absolute Gasteiger partial charge is 0.0931 e. The summed E-state index contributed by atoms with van der Waals surface area (Å²) in [7, 11) is 0. The van der Waals surface area contributed by atoms with Gasteiger partial charge in [0.25, 0.3) is 0 Å². The molecule has 0 spiro atoms. The van der Waals surface area contributed by atoms with Crippen LogP contribution in [0, 0.1) is 0 Å². The van der Waals surface area contributed by atoms with Gasteiger partial charge in [-0.2, -0.15) is 0 Å². The summed E-state index contributed by atoms with van der Waals surface area (Å²) in [5, 5.41) is 3.31. The molecule has 0 bridgehead atoms. The molecule has 0 saturated carbocycles. The molecule has 92 valence electrons. The van der Waals surface area contributed by atoms with E-state index in [-0.39, 0.29) is 0 Å². The molecule has 0 fully saturated rings. The van der Waals surface area contributed by atoms with Crippen LogP contribution in [0.5, 0.6) is 0 Å². The number of aromatic nitrogens is 2. The Morgan fingerprint density at radius 2 is 2.22 bits per heavy atom. The van der Waals surface area contributed by atoms with E-state index in [9.17, 15) is 0 Å². The van der Waals surface area contributed by atoms with Crippen LogP contribution < -0.4 is 5.32 Å². The third-order valence-corrected chi connectivity index (χ3v) is 2.59. The first-order valence-electron chi connectivity index (χ1n) is 5.71. The van der Waals surface area contributed by atoms with Crippen LogP contribution in [0.1, 0.15) is 13.8 Å². The Balaban J connectivity index is 2.15. The van der Waals surface area contributed by atoms with Crippen molar-refractivity contribution >= 4 is 23.4 Å². The highest BCUT2D eigenvalue weighted by Crippen LogP contribution is 2.17. The predicted octanol–water partition coefficient (Wildman–Crippen LogP) is 3.48. The Labute approximate surface area is 106 Å². The van der Waals surface area contributed by atoms with Gasteiger partial charge in [-0.15, -0.1) is 0 Å². The molecule has 18 heavy (non-hydrogen) atoms. The number of hydrogen-bond acceptors (Lipinski definition) is 3. The van der Waals surface area contributed by atoms with Crippen LogP contribution in [0.25, 0.3) is 11.0 Å². The first-order valence-corrected chi connectivity index (χ1v) is 5.71. The van der Waals surface area contributed by atoms with Gasteiger partial charge in [0.05, 0.1) is 17.4 Å². The molecule has 1 aromatic carbocycles. The van der Waals surface area contributed by atoms with Gasteiger partial charge in [0.1, 0.15) is 0 Å². The zero-order valence-electron chi connectivity index (χ0n) is 10.6. The van der Waals surface area contributed by atoms with E-state index in [4.69, 9.17) is 0 Å². The summed E-state index contributed by atoms with van der Waals surface area (Å²) >= 11 is 0. The van der Waals surface area contributed by atoms with Crippen molar-refractivity contribution in [1.82, 2.24) is 9.97 Å². The van der Waals surface area contributed by atoms with Crippen molar-refractivity contribution in [3.05, 3.63) is 48.1 Å². The molecule has 4 heteroatoms. The molecule has 2 aromatic rings. The molecule has 2 N–H and O–H groups in total. The van der Waals surface area contributed by atoms with Crippen molar-refractivity contribution < 1.29 is 0 Å². The maximum Gasteiger partial charge on any atom is 0.0931 e. The lowest BCUT2D eigenvalue weighted by Gasteiger charge is -2.05. The lowest BCUT2D eigenvalue weighted by atomic mass is 10.2. The Kier molecular flexibility index (Phi) is 3.57. The van der Waals surface area contributed by atoms with E-state index in [1.54, 1.807) is 6.33 Å². The molecule has 0 aliphatic heterocycles. The first-order chi connectivity index (χ1) is 8.69. The molecule has 4 nitrogen and oxygen atoms in total. The molecule has 0 amide bonds. The van der Waals surface area contributed by atoms with Crippen molar-refractivity contribution in [2.45, 2.75) is 13.8 Å². The Morgan fingerprint density at radius 1 is 1.39 bits per heavy atom. The van der Waals surface area contributed by atoms with Gasteiger partial charge < -0.3 is 10.3 Å². The second-order valence-corrected chi connectivity index (χ2v) is 4.08. The highest BCUT2D eigenvalue weighted by molar-refractivity contribution is 5.79. The van der Waals surface area contributed by atoms with Crippen LogP contribution in [0.4, 0.5) is 5.69 Å². The maximum absolute atomic E-state index is 4.18. The minimum Gasteiger partial charge on any atom is -0.359 e. The number of H-pyrrole nitrogens is 1. The van der Waals surface area contributed by atoms with Gasteiger partial charge in [0, 0.05) is 17.1 Å². The van der Waals surface area contributed by atoms with Crippen molar-refractivity contribution in [3.8, 4) is 0 Å². The zero-order valence-corrected chi connectivity index (χ0v) is 10.6. The Bertz CT molecular complexity index is 620. The van der Waals surface area contributed by atoms with Crippen molar-refractivity contribution in [3.63, 3.8) is 0 Å². The third-order valence-electron chi connectivity index (χ3n) is 2.59. The average molecular weight is 240 g/mol. The van der Waals surface area contributed by atoms with Gasteiger partial charge in [-0.1, -0.05) is 0 Å². The summed E-state index contributed by atoms with van der Waals surface area (Å²) in [5.74, 6) is 0. The number of imidazole rings is 1. The van der Waals surface area contributed by atoms with Crippen LogP contribution in [0.2, 0.25) is 0 Å². The number of aromatic amines is 1. The summed E-state index contributed by atoms with van der Waals surface area (Å²) in [6.07, 6.45) is 5.59. The van der Waals surface area contributed by atoms with Gasteiger partial charge in [0.15, 0.2) is 0 Å². The Hall–Kier alpha value is -2.36. The van der Waals surface area contributed by atoms with Crippen LogP contribution in [0.15, 0.2) is 53.1 Å². The lowest BCUT2D eigenvalue weighted by Crippen LogP contribution is -1.94. The predicted molar refractivity (Wildman–Crippen MR) is 76.8 cm³/mol. The number of fused-ring (bicyclic) bond motifs is 1. The molecule has 0 atom stereocenters. The SMILES string of the molecule is C=N/C(C)=C\C=C(/C)Nc1ccc2nc[nH]c2c1. The van der Waals surface area contributed by atoms with E-state index in [1.165, 1.54) is 0 Å². The minimum absolute atomic E-state index is 0.889. The minimum atomic E-state index is 0.889. The standard InChI is InChI=1S/C14H16N4/c1-10(15-3)4-5-11(2)18-12-6-7-13-14(8-12)17-9-16-13/h4-9,18H,3H2,1-2H3,(H,16,17)/b10-4-,11-5+. The number of allylic oxidation sites excluding steroid dienone is 4. The normalized spacial score (nSPS) is 12.8. The highest BCUT2D eigenvalue weighted by atomic mass is 14.9. The van der Waals surface area contributed by atoms with Crippen molar-refractivity contribution in [1.29, 1.82) is 0 Å². The molecular formula is C14H16N4. The number of rotatable bonds is 4. The largest absolute Gasteiger partial charge is 0.359 e. The van der Waals surface area contributed by atoms with Gasteiger partial charge >= 0.3 is 0 Å². The van der Waals surface area contributed by atoms with E-state index in [0.717, 1.165) is 28.1 Å². The first kappa shape index (κ1) is 12.1. The molecule has 1 heterocycles. The number of benzene rings is 1. The highest BCUT2D eigenvalue weighted by Gasteiger charge is 1.97. The maximum atomic E-state index is 4.18. The Morgan fingerprint density at radius 3 is 3.00 bits per heavy atom. The van der Waals surface area contributed by atoms with Gasteiger partial charge in [-0.3, -0.25) is 4.99 Å². The van der Waals surface area contributed by atoms with Crippen LogP contribution in [0.3, 0.4) is 0 Å². The number of hydrogen-bond donors (Lipinski definition) is 2. The van der Waals surface area contributed by atoms with Gasteiger partial charge in [-0.25, -0.2) is 4.98 Å². The van der Waals surface area contributed by atoms with Gasteiger partial charge in [0.2, 0.25) is 0 Å². The average Bonchev–Trinajstić information content (AvgIpc) is 2.83. The second-order valence-electron chi connectivity index (χ2n) is 4.08. The summed E-state index contributed by atoms with van der Waals surface area (Å²) < 4.78 is 0.